The molecule has 0 N–H and O–H groups in total. The topological polar surface area (TPSA) is 19.7 Å². The molecule has 0 saturated carbocycles. The minimum atomic E-state index is -0.781. The average molecular weight is 1240 g/mol. The maximum absolute atomic E-state index is 9.86. The third kappa shape index (κ3) is 7.90. The van der Waals surface area contributed by atoms with Crippen molar-refractivity contribution in [2.75, 3.05) is 0 Å². The van der Waals surface area contributed by atoms with Gasteiger partial charge in [-0.15, -0.1) is 0 Å². The van der Waals surface area contributed by atoms with Gasteiger partial charge in [-0.05, 0) is 165 Å². The first-order valence-electron chi connectivity index (χ1n) is 40.6. The zero-order valence-corrected chi connectivity index (χ0v) is 54.0. The van der Waals surface area contributed by atoms with Gasteiger partial charge in [0.05, 0.1) is 66.1 Å². The first kappa shape index (κ1) is 41.7. The molecule has 0 radical (unpaired) electrons. The highest BCUT2D eigenvalue weighted by atomic mass is 15.0. The second kappa shape index (κ2) is 19.8. The van der Waals surface area contributed by atoms with E-state index in [4.69, 9.17) is 5.48 Å². The lowest BCUT2D eigenvalue weighted by molar-refractivity contribution is 0.591. The number of rotatable bonds is 2. The van der Waals surface area contributed by atoms with Crippen LogP contribution < -0.4 is 16.4 Å². The zero-order valence-electron chi connectivity index (χ0n) is 70.0. The normalized spacial score (nSPS) is 15.4. The molecule has 0 saturated heterocycles. The second-order valence-corrected chi connectivity index (χ2v) is 28.8. The maximum atomic E-state index is 9.86. The quantitative estimate of drug-likeness (QED) is 0.154. The minimum Gasteiger partial charge on any atom is -0.310 e. The molecule has 2 aliphatic rings. The van der Waals surface area contributed by atoms with Crippen LogP contribution in [0.2, 0.25) is 0 Å². The van der Waals surface area contributed by atoms with Gasteiger partial charge in [-0.2, -0.15) is 0 Å². The van der Waals surface area contributed by atoms with Gasteiger partial charge >= 0.3 is 0 Å². The number of nitrogens with zero attached hydrogens (tertiary/aromatic N) is 4. The van der Waals surface area contributed by atoms with Crippen molar-refractivity contribution in [3.05, 3.63) is 283 Å². The van der Waals surface area contributed by atoms with Crippen LogP contribution in [0.1, 0.15) is 101 Å². The van der Waals surface area contributed by atoms with E-state index < -0.39 is 109 Å². The molecule has 0 fully saturated rings. The summed E-state index contributed by atoms with van der Waals surface area (Å²) in [6.07, 6.45) is 0. The molecule has 2 aliphatic heterocycles. The monoisotopic (exact) mass is 1230 g/mol. The standard InChI is InChI=1S/C90H71BN4/c1-88(2,3)54-42-48-78-70(50-54)62-30-12-10-26-58(62)60-28-14-16-36-68(60)82-84(90(7,8)9)83-69-37-17-15-29-61(69)59-27-11-13-31-63(59)71-51-55(89(4,5)6)43-49-79(71)95-81-53-57(93-76-40-24-20-34-66(76)67-35-21-25-41-77(67)93)45-47-73(81)91-72-46-44-56(52-80(72)94(78)86(82)85(91)87(83)95)92-74-38-22-18-32-64(74)65-33-19-23-39-75(65)92/h10-53H,1-9H3/i18D,19D,20D,21D,22D,23D,24D,25D,32D,33D,34D,35D,38D,39D,40D,41D. The summed E-state index contributed by atoms with van der Waals surface area (Å²) in [5.41, 5.74) is 9.10. The molecule has 0 aliphatic carbocycles. The van der Waals surface area contributed by atoms with E-state index in [1.54, 1.807) is 9.13 Å². The summed E-state index contributed by atoms with van der Waals surface area (Å²) in [5.74, 6) is 0. The summed E-state index contributed by atoms with van der Waals surface area (Å²) < 4.78 is 159. The van der Waals surface area contributed by atoms with Gasteiger partial charge in [0.15, 0.2) is 0 Å². The van der Waals surface area contributed by atoms with Gasteiger partial charge < -0.3 is 18.3 Å². The van der Waals surface area contributed by atoms with Crippen LogP contribution in [0, 0.1) is 0 Å². The summed E-state index contributed by atoms with van der Waals surface area (Å²) >= 11 is 0. The van der Waals surface area contributed by atoms with Crippen LogP contribution in [-0.2, 0) is 16.2 Å². The van der Waals surface area contributed by atoms with Crippen molar-refractivity contribution in [1.82, 2.24) is 18.3 Å². The average Bonchev–Trinajstić information content (AvgIpc) is 1.46. The molecule has 454 valence electrons. The van der Waals surface area contributed by atoms with Crippen LogP contribution in [0.4, 0.5) is 0 Å². The van der Waals surface area contributed by atoms with Crippen molar-refractivity contribution in [3.63, 3.8) is 0 Å². The molecular weight excluding hydrogens is 1150 g/mol. The van der Waals surface area contributed by atoms with Gasteiger partial charge in [0, 0.05) is 65.8 Å². The first-order valence-corrected chi connectivity index (χ1v) is 32.6. The third-order valence-electron chi connectivity index (χ3n) is 20.3. The Morgan fingerprint density at radius 1 is 0.284 bits per heavy atom. The van der Waals surface area contributed by atoms with E-state index in [1.807, 2.05) is 36.4 Å². The van der Waals surface area contributed by atoms with Gasteiger partial charge in [0.1, 0.15) is 0 Å². The minimum absolute atomic E-state index is 0.0335. The van der Waals surface area contributed by atoms with E-state index in [0.29, 0.717) is 22.7 Å². The lowest BCUT2D eigenvalue weighted by Crippen LogP contribution is -2.59. The Kier molecular flexibility index (Phi) is 8.70. The summed E-state index contributed by atoms with van der Waals surface area (Å²) in [4.78, 5) is 0. The largest absolute Gasteiger partial charge is 0.310 e. The summed E-state index contributed by atoms with van der Waals surface area (Å²) in [6, 6.07) is 51.8. The van der Waals surface area contributed by atoms with E-state index in [0.717, 1.165) is 120 Å². The molecule has 13 aromatic carbocycles. The fourth-order valence-corrected chi connectivity index (χ4v) is 16.2. The van der Waals surface area contributed by atoms with Crippen molar-refractivity contribution in [3.8, 4) is 22.7 Å². The fraction of sp³-hybridized carbons (Fsp3) is 0.133. The fourth-order valence-electron chi connectivity index (χ4n) is 16.2. The van der Waals surface area contributed by atoms with Gasteiger partial charge in [0.25, 0.3) is 6.71 Å². The Bertz CT molecular complexity index is 6840. The highest BCUT2D eigenvalue weighted by Crippen LogP contribution is 2.49. The van der Waals surface area contributed by atoms with E-state index >= 15 is 0 Å². The third-order valence-corrected chi connectivity index (χ3v) is 20.3. The van der Waals surface area contributed by atoms with Gasteiger partial charge in [0.2, 0.25) is 0 Å². The van der Waals surface area contributed by atoms with Crippen LogP contribution in [0.5, 0.6) is 0 Å². The van der Waals surface area contributed by atoms with Crippen molar-refractivity contribution >= 4 is 153 Å². The smallest absolute Gasteiger partial charge is 0.252 e. The van der Waals surface area contributed by atoms with E-state index in [2.05, 4.69) is 205 Å². The summed E-state index contributed by atoms with van der Waals surface area (Å²) in [6.45, 7) is 19.3. The predicted molar refractivity (Wildman–Crippen MR) is 410 cm³/mol. The molecule has 19 rings (SSSR count). The Morgan fingerprint density at radius 3 is 0.937 bits per heavy atom. The number of hydrogen-bond donors (Lipinski definition) is 0. The number of aromatic nitrogens is 4. The van der Waals surface area contributed by atoms with Crippen LogP contribution in [-0.4, -0.2) is 25.0 Å². The predicted octanol–water partition coefficient (Wildman–Crippen LogP) is 22.0. The van der Waals surface area contributed by atoms with Crippen LogP contribution in [0.25, 0.3) is 153 Å². The number of fused-ring (bicyclic) bond motifs is 26. The lowest BCUT2D eigenvalue weighted by Gasteiger charge is -2.38. The van der Waals surface area contributed by atoms with Gasteiger partial charge in [-0.25, -0.2) is 0 Å². The number of benzene rings is 13. The Hall–Kier alpha value is -10.9. The van der Waals surface area contributed by atoms with Crippen LogP contribution >= 0.6 is 0 Å². The molecular formula is C90H71BN4. The second-order valence-electron chi connectivity index (χ2n) is 28.8. The van der Waals surface area contributed by atoms with Gasteiger partial charge in [-0.1, -0.05) is 256 Å². The Balaban J connectivity index is 1.17. The van der Waals surface area contributed by atoms with Crippen molar-refractivity contribution < 1.29 is 21.9 Å². The Morgan fingerprint density at radius 2 is 0.600 bits per heavy atom. The molecule has 4 nitrogen and oxygen atoms in total. The summed E-state index contributed by atoms with van der Waals surface area (Å²) in [7, 11) is 0. The number of para-hydroxylation sites is 4. The number of hydrogen-bond acceptors (Lipinski definition) is 0. The van der Waals surface area contributed by atoms with E-state index in [9.17, 15) is 16.4 Å². The summed E-state index contributed by atoms with van der Waals surface area (Å²) in [5, 5.41) is 11.1. The molecule has 0 bridgehead atoms. The molecule has 17 aromatic rings. The van der Waals surface area contributed by atoms with Crippen molar-refractivity contribution in [1.29, 1.82) is 0 Å². The molecule has 0 unspecified atom stereocenters. The highest BCUT2D eigenvalue weighted by Gasteiger charge is 2.43. The molecule has 0 spiro atoms. The first-order chi connectivity index (χ1) is 52.7. The lowest BCUT2D eigenvalue weighted by atomic mass is 9.34. The SMILES string of the molecule is [2H]c1c([2H])c([2H])c2c(c1[2H])c1c([2H])c([2H])c([2H])c([2H])c1n2-c1ccc2c(c1)-n1c3ccc(C(C)(C)C)cc3c3ccccc3c3ccccc3c3c(C(C)(C)C)c4c5ccccc5c5ccccc5c5cc(C(C)(C)C)ccc5n5c4c(c31)B2c1ccc(-n2c3c([2H])c([2H])c([2H])c([2H])c3c3c([2H])c([2H])c([2H])c([2H])c32)cc1-5. The highest BCUT2D eigenvalue weighted by molar-refractivity contribution is 7.00. The molecule has 0 atom stereocenters. The van der Waals surface area contributed by atoms with Crippen molar-refractivity contribution in [2.24, 2.45) is 0 Å². The maximum Gasteiger partial charge on any atom is 0.252 e. The molecule has 95 heavy (non-hydrogen) atoms. The van der Waals surface area contributed by atoms with E-state index in [1.165, 1.54) is 0 Å². The molecule has 4 aromatic heterocycles. The van der Waals surface area contributed by atoms with Gasteiger partial charge in [-0.3, -0.25) is 0 Å². The zero-order chi connectivity index (χ0) is 78.1. The Labute approximate surface area is 575 Å². The van der Waals surface area contributed by atoms with Crippen molar-refractivity contribution in [2.45, 2.75) is 78.6 Å². The molecule has 0 amide bonds. The molecule has 5 heteroatoms. The van der Waals surface area contributed by atoms with Crippen LogP contribution in [0.15, 0.2) is 267 Å². The van der Waals surface area contributed by atoms with Crippen LogP contribution in [0.3, 0.4) is 0 Å². The molecule has 6 heterocycles. The van der Waals surface area contributed by atoms with E-state index in [-0.39, 0.29) is 54.4 Å².